The number of Topliss-reactive ketones (excluding diaryl/α,β-unsaturated/α-hetero) is 1. The molecule has 4 aliphatic rings. The van der Waals surface area contributed by atoms with Crippen LogP contribution in [0.2, 0.25) is 0 Å². The number of rotatable bonds is 4. The predicted molar refractivity (Wildman–Crippen MR) is 113 cm³/mol. The van der Waals surface area contributed by atoms with Crippen molar-refractivity contribution in [3.05, 3.63) is 23.8 Å². The zero-order valence-corrected chi connectivity index (χ0v) is 19.1. The number of ketones is 2. The van der Waals surface area contributed by atoms with Gasteiger partial charge in [-0.2, -0.15) is 0 Å². The second kappa shape index (κ2) is 6.84. The van der Waals surface area contributed by atoms with E-state index >= 15 is 0 Å². The van der Waals surface area contributed by atoms with Crippen LogP contribution in [0.3, 0.4) is 0 Å². The van der Waals surface area contributed by atoms with Gasteiger partial charge in [-0.3, -0.25) is 14.4 Å². The van der Waals surface area contributed by atoms with E-state index in [2.05, 4.69) is 22.9 Å². The quantitative estimate of drug-likeness (QED) is 0.473. The molecule has 30 heavy (non-hydrogen) atoms. The van der Waals surface area contributed by atoms with Crippen molar-refractivity contribution in [3.63, 3.8) is 0 Å². The summed E-state index contributed by atoms with van der Waals surface area (Å²) in [7, 11) is 0. The van der Waals surface area contributed by atoms with E-state index in [0.717, 1.165) is 18.4 Å². The Labute approximate surface area is 184 Å². The number of hydrogen-bond donors (Lipinski definition) is 2. The first-order chi connectivity index (χ1) is 14.0. The molecule has 2 N–H and O–H groups in total. The van der Waals surface area contributed by atoms with Gasteiger partial charge in [0.15, 0.2) is 11.6 Å². The number of allylic oxidation sites excluding steroid dienone is 4. The molecule has 0 radical (unpaired) electrons. The van der Waals surface area contributed by atoms with Crippen LogP contribution in [0.4, 0.5) is 0 Å². The van der Waals surface area contributed by atoms with E-state index in [-0.39, 0.29) is 30.0 Å². The normalized spacial score (nSPS) is 49.5. The fourth-order valence-electron chi connectivity index (χ4n) is 7.44. The lowest BCUT2D eigenvalue weighted by Gasteiger charge is -2.64. The van der Waals surface area contributed by atoms with E-state index in [1.165, 1.54) is 0 Å². The summed E-state index contributed by atoms with van der Waals surface area (Å²) in [4.78, 5) is 36.3. The number of hydrogen-bond acceptors (Lipinski definition) is 6. The number of fused-ring (bicyclic) bond motifs is 5. The summed E-state index contributed by atoms with van der Waals surface area (Å²) in [5.41, 5.74) is -2.04. The van der Waals surface area contributed by atoms with Crippen LogP contribution in [0.25, 0.3) is 0 Å². The highest BCUT2D eigenvalue weighted by Gasteiger charge is 2.75. The monoisotopic (exact) mass is 480 g/mol. The molecule has 8 atom stereocenters. The Hall–Kier alpha value is -1.31. The van der Waals surface area contributed by atoms with Gasteiger partial charge in [0.05, 0.1) is 4.32 Å². The van der Waals surface area contributed by atoms with Crippen LogP contribution in [-0.2, 0) is 19.1 Å². The Bertz CT molecular complexity index is 866. The summed E-state index contributed by atoms with van der Waals surface area (Å²) in [5, 5.41) is 21.2. The van der Waals surface area contributed by atoms with Gasteiger partial charge in [0.25, 0.3) is 6.47 Å². The van der Waals surface area contributed by atoms with Crippen molar-refractivity contribution >= 4 is 34.0 Å². The first-order valence-electron chi connectivity index (χ1n) is 10.6. The predicted octanol–water partition coefficient (Wildman–Crippen LogP) is 2.50. The van der Waals surface area contributed by atoms with Gasteiger partial charge in [0.2, 0.25) is 0 Å². The molecule has 0 aromatic rings. The molecule has 4 rings (SSSR count). The van der Waals surface area contributed by atoms with Crippen molar-refractivity contribution in [1.29, 1.82) is 0 Å². The maximum absolute atomic E-state index is 12.8. The Kier molecular flexibility index (Phi) is 5.00. The van der Waals surface area contributed by atoms with Gasteiger partial charge in [0, 0.05) is 10.8 Å². The van der Waals surface area contributed by atoms with Gasteiger partial charge in [0.1, 0.15) is 18.3 Å². The Morgan fingerprint density at radius 3 is 2.70 bits per heavy atom. The highest BCUT2D eigenvalue weighted by Crippen LogP contribution is 2.72. The Morgan fingerprint density at radius 1 is 1.37 bits per heavy atom. The first-order valence-corrected chi connectivity index (χ1v) is 11.4. The molecule has 0 heterocycles. The van der Waals surface area contributed by atoms with Crippen LogP contribution in [0.5, 0.6) is 0 Å². The third-order valence-electron chi connectivity index (χ3n) is 8.99. The molecule has 0 aliphatic heterocycles. The molecule has 6 nitrogen and oxygen atoms in total. The van der Waals surface area contributed by atoms with E-state index in [1.54, 1.807) is 12.2 Å². The Morgan fingerprint density at radius 2 is 2.07 bits per heavy atom. The van der Waals surface area contributed by atoms with Gasteiger partial charge in [-0.15, -0.1) is 0 Å². The molecule has 0 amide bonds. The molecule has 0 bridgehead atoms. The number of aliphatic hydroxyl groups excluding tert-OH is 1. The lowest BCUT2D eigenvalue weighted by molar-refractivity contribution is -0.183. The van der Waals surface area contributed by atoms with Crippen molar-refractivity contribution in [3.8, 4) is 0 Å². The molecule has 1 unspecified atom stereocenters. The average Bonchev–Trinajstić information content (AvgIpc) is 2.90. The summed E-state index contributed by atoms with van der Waals surface area (Å²) in [5.74, 6) is -0.944. The molecular weight excluding hydrogens is 452 g/mol. The van der Waals surface area contributed by atoms with Gasteiger partial charge < -0.3 is 14.9 Å². The number of aliphatic hydroxyl groups is 2. The summed E-state index contributed by atoms with van der Waals surface area (Å²) in [6.45, 7) is 5.53. The van der Waals surface area contributed by atoms with E-state index in [4.69, 9.17) is 4.74 Å². The van der Waals surface area contributed by atoms with Crippen molar-refractivity contribution in [2.24, 2.45) is 28.6 Å². The second-order valence-electron chi connectivity index (χ2n) is 9.95. The van der Waals surface area contributed by atoms with Crippen LogP contribution >= 0.6 is 15.9 Å². The van der Waals surface area contributed by atoms with Gasteiger partial charge in [-0.1, -0.05) is 48.4 Å². The molecule has 3 saturated carbocycles. The highest BCUT2D eigenvalue weighted by molar-refractivity contribution is 9.10. The van der Waals surface area contributed by atoms with E-state index < -0.39 is 39.2 Å². The third kappa shape index (κ3) is 2.40. The standard InChI is InChI=1S/C23H29BrO6/c1-13-8-17-16-5-4-14-9-15(27)6-7-20(14,2)22(16,24)19(30-12-26)10-21(17,3)23(13,29)18(28)11-25/h6-7,9,12-13,16-17,19,25,29H,4-5,8,10-11H2,1-3H3/t13-,16-,17?,19+,20-,21-,22+,23-/m0/s1. The second-order valence-corrected chi connectivity index (χ2v) is 11.3. The number of ether oxygens (including phenoxy) is 1. The molecule has 3 fully saturated rings. The average molecular weight is 481 g/mol. The smallest absolute Gasteiger partial charge is 0.293 e. The highest BCUT2D eigenvalue weighted by atomic mass is 79.9. The van der Waals surface area contributed by atoms with Crippen LogP contribution < -0.4 is 0 Å². The van der Waals surface area contributed by atoms with Gasteiger partial charge in [-0.25, -0.2) is 0 Å². The summed E-state index contributed by atoms with van der Waals surface area (Å²) >= 11 is 4.03. The Balaban J connectivity index is 1.88. The molecular formula is C23H29BrO6. The number of carbonyl (C=O) groups is 3. The molecule has 7 heteroatoms. The first kappa shape index (κ1) is 21.9. The SMILES string of the molecule is C[C@H]1CC2[C@@H]3CCC4=CC(=O)C=C[C@]4(C)[C@]3(Br)[C@H](OC=O)C[C@]2(C)[C@@]1(O)C(=O)CO. The van der Waals surface area contributed by atoms with E-state index in [0.29, 0.717) is 12.9 Å². The van der Waals surface area contributed by atoms with Crippen LogP contribution in [-0.4, -0.2) is 50.9 Å². The van der Waals surface area contributed by atoms with E-state index in [9.17, 15) is 24.6 Å². The molecule has 0 aromatic heterocycles. The van der Waals surface area contributed by atoms with Crippen LogP contribution in [0, 0.1) is 28.6 Å². The van der Waals surface area contributed by atoms with Crippen LogP contribution in [0.1, 0.15) is 46.5 Å². The molecule has 0 saturated heterocycles. The zero-order valence-electron chi connectivity index (χ0n) is 17.6. The van der Waals surface area contributed by atoms with Gasteiger partial charge >= 0.3 is 0 Å². The number of halogens is 1. The minimum Gasteiger partial charge on any atom is -0.463 e. The number of carbonyl (C=O) groups excluding carboxylic acids is 3. The molecule has 0 spiro atoms. The molecule has 4 aliphatic carbocycles. The largest absolute Gasteiger partial charge is 0.463 e. The number of alkyl halides is 1. The van der Waals surface area contributed by atoms with Crippen molar-refractivity contribution in [2.45, 2.75) is 62.5 Å². The minimum absolute atomic E-state index is 0.00386. The van der Waals surface area contributed by atoms with E-state index in [1.807, 2.05) is 19.9 Å². The molecule has 164 valence electrons. The van der Waals surface area contributed by atoms with Crippen molar-refractivity contribution in [2.75, 3.05) is 6.61 Å². The lowest BCUT2D eigenvalue weighted by Crippen LogP contribution is -2.69. The maximum Gasteiger partial charge on any atom is 0.293 e. The molecule has 0 aromatic carbocycles. The van der Waals surface area contributed by atoms with Crippen LogP contribution in [0.15, 0.2) is 23.8 Å². The van der Waals surface area contributed by atoms with Crippen molar-refractivity contribution in [1.82, 2.24) is 0 Å². The lowest BCUT2D eigenvalue weighted by atomic mass is 9.46. The fraction of sp³-hybridized carbons (Fsp3) is 0.696. The summed E-state index contributed by atoms with van der Waals surface area (Å²) in [6, 6.07) is 0. The minimum atomic E-state index is -1.68. The third-order valence-corrected chi connectivity index (χ3v) is 10.9. The van der Waals surface area contributed by atoms with Gasteiger partial charge in [-0.05, 0) is 55.6 Å². The summed E-state index contributed by atoms with van der Waals surface area (Å²) < 4.78 is 4.99. The maximum atomic E-state index is 12.8. The summed E-state index contributed by atoms with van der Waals surface area (Å²) in [6.07, 6.45) is 6.97. The topological polar surface area (TPSA) is 101 Å². The fourth-order valence-corrected chi connectivity index (χ4v) is 8.64. The zero-order chi connectivity index (χ0) is 22.1. The van der Waals surface area contributed by atoms with Crippen molar-refractivity contribution < 1.29 is 29.3 Å².